The summed E-state index contributed by atoms with van der Waals surface area (Å²) >= 11 is 0. The summed E-state index contributed by atoms with van der Waals surface area (Å²) in [5.74, 6) is -1.05. The van der Waals surface area contributed by atoms with Gasteiger partial charge in [0.25, 0.3) is 0 Å². The molecule has 1 heterocycles. The van der Waals surface area contributed by atoms with Crippen molar-refractivity contribution in [3.05, 3.63) is 30.1 Å². The topological polar surface area (TPSA) is 82.5 Å². The first-order valence-corrected chi connectivity index (χ1v) is 5.19. The lowest BCUT2D eigenvalue weighted by molar-refractivity contribution is -0.135. The Hall–Kier alpha value is -2.11. The van der Waals surface area contributed by atoms with Crippen LogP contribution in [0, 0.1) is 0 Å². The van der Waals surface area contributed by atoms with Crippen LogP contribution in [0.1, 0.15) is 5.56 Å². The Kier molecular flexibility index (Phi) is 4.93. The number of hydrogen-bond donors (Lipinski definition) is 2. The van der Waals surface area contributed by atoms with Crippen LogP contribution in [-0.2, 0) is 11.2 Å². The maximum Gasteiger partial charge on any atom is 0.323 e. The summed E-state index contributed by atoms with van der Waals surface area (Å²) in [7, 11) is 1.62. The largest absolute Gasteiger partial charge is 0.480 e. The van der Waals surface area contributed by atoms with Crippen molar-refractivity contribution in [2.24, 2.45) is 0 Å². The molecule has 0 fully saturated rings. The highest BCUT2D eigenvalue weighted by Gasteiger charge is 2.09. The number of pyridine rings is 1. The lowest BCUT2D eigenvalue weighted by Gasteiger charge is -2.17. The lowest BCUT2D eigenvalue weighted by Crippen LogP contribution is -2.40. The molecule has 17 heavy (non-hydrogen) atoms. The number of nitrogens with one attached hydrogen (secondary N) is 1. The molecule has 0 aliphatic rings. The summed E-state index contributed by atoms with van der Waals surface area (Å²) in [6, 6.07) is 3.37. The van der Waals surface area contributed by atoms with Gasteiger partial charge >= 0.3 is 12.0 Å². The smallest absolute Gasteiger partial charge is 0.323 e. The Balaban J connectivity index is 2.31. The van der Waals surface area contributed by atoms with Crippen LogP contribution >= 0.6 is 0 Å². The molecule has 0 unspecified atom stereocenters. The lowest BCUT2D eigenvalue weighted by atomic mass is 10.2. The number of likely N-dealkylation sites (N-methyl/N-ethyl adjacent to an activating group) is 1. The van der Waals surface area contributed by atoms with Crippen molar-refractivity contribution < 1.29 is 14.7 Å². The van der Waals surface area contributed by atoms with Crippen LogP contribution in [0.2, 0.25) is 0 Å². The molecular weight excluding hydrogens is 222 g/mol. The SMILES string of the molecule is CN(CCc1ccncc1)C(=O)NCC(=O)O. The zero-order valence-electron chi connectivity index (χ0n) is 9.59. The third kappa shape index (κ3) is 4.96. The van der Waals surface area contributed by atoms with E-state index in [1.165, 1.54) is 4.90 Å². The van der Waals surface area contributed by atoms with Crippen molar-refractivity contribution in [1.29, 1.82) is 0 Å². The average Bonchev–Trinajstić information content (AvgIpc) is 2.34. The van der Waals surface area contributed by atoms with Gasteiger partial charge in [-0.1, -0.05) is 0 Å². The van der Waals surface area contributed by atoms with Crippen LogP contribution in [0.3, 0.4) is 0 Å². The van der Waals surface area contributed by atoms with Crippen molar-refractivity contribution in [3.8, 4) is 0 Å². The Morgan fingerprint density at radius 2 is 2.06 bits per heavy atom. The summed E-state index contributed by atoms with van der Waals surface area (Å²) in [5, 5.41) is 10.7. The minimum Gasteiger partial charge on any atom is -0.480 e. The molecule has 1 aromatic rings. The maximum absolute atomic E-state index is 11.4. The number of carbonyl (C=O) groups is 2. The van der Waals surface area contributed by atoms with Crippen LogP contribution in [0.5, 0.6) is 0 Å². The summed E-state index contributed by atoms with van der Waals surface area (Å²) in [6.07, 6.45) is 4.10. The Bertz CT molecular complexity index is 381. The number of aromatic nitrogens is 1. The van der Waals surface area contributed by atoms with Crippen molar-refractivity contribution >= 4 is 12.0 Å². The van der Waals surface area contributed by atoms with Gasteiger partial charge in [0.2, 0.25) is 0 Å². The molecule has 0 spiro atoms. The van der Waals surface area contributed by atoms with E-state index < -0.39 is 5.97 Å². The third-order valence-electron chi connectivity index (χ3n) is 2.22. The Labute approximate surface area is 99.3 Å². The van der Waals surface area contributed by atoms with Crippen molar-refractivity contribution in [3.63, 3.8) is 0 Å². The third-order valence-corrected chi connectivity index (χ3v) is 2.22. The molecule has 0 radical (unpaired) electrons. The number of nitrogens with zero attached hydrogens (tertiary/aromatic N) is 2. The molecule has 0 saturated heterocycles. The molecule has 0 aliphatic heterocycles. The number of rotatable bonds is 5. The molecular formula is C11H15N3O3. The summed E-state index contributed by atoms with van der Waals surface area (Å²) < 4.78 is 0. The van der Waals surface area contributed by atoms with E-state index in [4.69, 9.17) is 5.11 Å². The molecule has 0 atom stereocenters. The van der Waals surface area contributed by atoms with Crippen LogP contribution in [0.25, 0.3) is 0 Å². The summed E-state index contributed by atoms with van der Waals surface area (Å²) in [4.78, 5) is 27.0. The molecule has 2 amide bonds. The molecule has 6 heteroatoms. The van der Waals surface area contributed by atoms with Gasteiger partial charge in [0.05, 0.1) is 0 Å². The number of carboxylic acids is 1. The zero-order valence-corrected chi connectivity index (χ0v) is 9.59. The molecule has 0 aliphatic carbocycles. The highest BCUT2D eigenvalue weighted by Crippen LogP contribution is 1.98. The van der Waals surface area contributed by atoms with Crippen molar-refractivity contribution in [2.75, 3.05) is 20.1 Å². The summed E-state index contributed by atoms with van der Waals surface area (Å²) in [5.41, 5.74) is 1.08. The number of amides is 2. The minimum atomic E-state index is -1.05. The molecule has 2 N–H and O–H groups in total. The number of hydrogen-bond acceptors (Lipinski definition) is 3. The van der Waals surface area contributed by atoms with Crippen molar-refractivity contribution in [1.82, 2.24) is 15.2 Å². The second kappa shape index (κ2) is 6.47. The second-order valence-corrected chi connectivity index (χ2v) is 3.58. The molecule has 0 saturated carbocycles. The molecule has 1 aromatic heterocycles. The van der Waals surface area contributed by atoms with Gasteiger partial charge in [-0.05, 0) is 24.1 Å². The van der Waals surface area contributed by atoms with E-state index in [0.717, 1.165) is 5.56 Å². The predicted molar refractivity (Wildman–Crippen MR) is 61.6 cm³/mol. The number of carbonyl (C=O) groups excluding carboxylic acids is 1. The number of urea groups is 1. The van der Waals surface area contributed by atoms with Crippen LogP contribution in [-0.4, -0.2) is 47.1 Å². The molecule has 6 nitrogen and oxygen atoms in total. The van der Waals surface area contributed by atoms with E-state index in [1.807, 2.05) is 12.1 Å². The van der Waals surface area contributed by atoms with Gasteiger partial charge in [0, 0.05) is 26.0 Å². The van der Waals surface area contributed by atoms with Crippen molar-refractivity contribution in [2.45, 2.75) is 6.42 Å². The first-order chi connectivity index (χ1) is 8.09. The van der Waals surface area contributed by atoms with Gasteiger partial charge in [-0.25, -0.2) is 4.79 Å². The fourth-order valence-corrected chi connectivity index (χ4v) is 1.23. The van der Waals surface area contributed by atoms with Gasteiger partial charge in [0.15, 0.2) is 0 Å². The maximum atomic E-state index is 11.4. The van der Waals surface area contributed by atoms with Crippen LogP contribution in [0.4, 0.5) is 4.79 Å². The first kappa shape index (κ1) is 13.0. The number of carboxylic acid groups (broad SMARTS) is 1. The van der Waals surface area contributed by atoms with Gasteiger partial charge in [-0.15, -0.1) is 0 Å². The Morgan fingerprint density at radius 1 is 1.41 bits per heavy atom. The number of aliphatic carboxylic acids is 1. The molecule has 1 rings (SSSR count). The van der Waals surface area contributed by atoms with Gasteiger partial charge in [-0.2, -0.15) is 0 Å². The van der Waals surface area contributed by atoms with E-state index in [9.17, 15) is 9.59 Å². The van der Waals surface area contributed by atoms with E-state index in [-0.39, 0.29) is 12.6 Å². The van der Waals surface area contributed by atoms with Crippen LogP contribution < -0.4 is 5.32 Å². The van der Waals surface area contributed by atoms with Gasteiger partial charge in [-0.3, -0.25) is 9.78 Å². The monoisotopic (exact) mass is 237 g/mol. The van der Waals surface area contributed by atoms with E-state index in [1.54, 1.807) is 19.4 Å². The quantitative estimate of drug-likeness (QED) is 0.774. The van der Waals surface area contributed by atoms with Gasteiger partial charge < -0.3 is 15.3 Å². The average molecular weight is 237 g/mol. The molecule has 92 valence electrons. The minimum absolute atomic E-state index is 0.363. The van der Waals surface area contributed by atoms with E-state index in [0.29, 0.717) is 13.0 Å². The van der Waals surface area contributed by atoms with Gasteiger partial charge in [0.1, 0.15) is 6.54 Å². The predicted octanol–water partition coefficient (Wildman–Crippen LogP) is 0.350. The van der Waals surface area contributed by atoms with Crippen LogP contribution in [0.15, 0.2) is 24.5 Å². The highest BCUT2D eigenvalue weighted by atomic mass is 16.4. The summed E-state index contributed by atoms with van der Waals surface area (Å²) in [6.45, 7) is 0.161. The normalized spacial score (nSPS) is 9.71. The molecule has 0 bridgehead atoms. The fraction of sp³-hybridized carbons (Fsp3) is 0.364. The standard InChI is InChI=1S/C11H15N3O3/c1-14(11(17)13-8-10(15)16)7-4-9-2-5-12-6-3-9/h2-3,5-6H,4,7-8H2,1H3,(H,13,17)(H,15,16). The van der Waals surface area contributed by atoms with E-state index >= 15 is 0 Å². The zero-order chi connectivity index (χ0) is 12.7. The molecule has 0 aromatic carbocycles. The highest BCUT2D eigenvalue weighted by molar-refractivity contribution is 5.79. The first-order valence-electron chi connectivity index (χ1n) is 5.19. The Morgan fingerprint density at radius 3 is 2.65 bits per heavy atom. The second-order valence-electron chi connectivity index (χ2n) is 3.58. The van der Waals surface area contributed by atoms with E-state index in [2.05, 4.69) is 10.3 Å². The fourth-order valence-electron chi connectivity index (χ4n) is 1.23.